The first kappa shape index (κ1) is 30.1. The lowest BCUT2D eigenvalue weighted by atomic mass is 10.1. The van der Waals surface area contributed by atoms with Gasteiger partial charge in [0.05, 0.1) is 12.5 Å². The molecule has 0 bridgehead atoms. The van der Waals surface area contributed by atoms with Crippen LogP contribution >= 0.6 is 12.6 Å². The molecule has 0 aromatic carbocycles. The van der Waals surface area contributed by atoms with Crippen LogP contribution in [0.15, 0.2) is 0 Å². The Labute approximate surface area is 195 Å². The highest BCUT2D eigenvalue weighted by Gasteiger charge is 2.31. The minimum Gasteiger partial charge on any atom is -0.481 e. The third kappa shape index (κ3) is 12.6. The first-order valence-corrected chi connectivity index (χ1v) is 10.7. The Bertz CT molecular complexity index is 721. The van der Waals surface area contributed by atoms with Crippen molar-refractivity contribution in [2.75, 3.05) is 12.3 Å². The normalized spacial score (nSPS) is 14.3. The highest BCUT2D eigenvalue weighted by Crippen LogP contribution is 2.04. The maximum atomic E-state index is 12.7. The molecule has 0 heterocycles. The van der Waals surface area contributed by atoms with Gasteiger partial charge >= 0.3 is 17.9 Å². The van der Waals surface area contributed by atoms with Gasteiger partial charge in [-0.3, -0.25) is 24.0 Å². The minimum atomic E-state index is -1.70. The smallest absolute Gasteiger partial charge is 0.327 e. The predicted molar refractivity (Wildman–Crippen MR) is 117 cm³/mol. The van der Waals surface area contributed by atoms with Gasteiger partial charge in [-0.2, -0.15) is 12.6 Å². The van der Waals surface area contributed by atoms with Crippen LogP contribution in [0, 0.1) is 0 Å². The Hall–Kier alpha value is -2.91. The molecule has 0 aromatic rings. The van der Waals surface area contributed by atoms with Crippen molar-refractivity contribution in [2.24, 2.45) is 11.5 Å². The van der Waals surface area contributed by atoms with Gasteiger partial charge in [0.2, 0.25) is 17.7 Å². The lowest BCUT2D eigenvalue weighted by molar-refractivity contribution is -0.143. The lowest BCUT2D eigenvalue weighted by Crippen LogP contribution is -2.57. The average molecular weight is 494 g/mol. The lowest BCUT2D eigenvalue weighted by Gasteiger charge is -2.24. The third-order valence-corrected chi connectivity index (χ3v) is 4.76. The molecule has 0 rings (SSSR count). The SMILES string of the molecule is NCCCCC(N)C(=O)NC(CCC(=O)O)C(=O)NC(CC(=O)O)C(=O)NC(CS)C(=O)O. The predicted octanol–water partition coefficient (Wildman–Crippen LogP) is -2.75. The molecule has 0 fully saturated rings. The summed E-state index contributed by atoms with van der Waals surface area (Å²) in [5.74, 6) is -7.32. The number of aliphatic carboxylic acids is 3. The van der Waals surface area contributed by atoms with Crippen molar-refractivity contribution in [1.29, 1.82) is 0 Å². The number of hydrogen-bond acceptors (Lipinski definition) is 9. The van der Waals surface area contributed by atoms with Crippen molar-refractivity contribution in [3.63, 3.8) is 0 Å². The first-order chi connectivity index (χ1) is 15.4. The fraction of sp³-hybridized carbons (Fsp3) is 0.667. The topological polar surface area (TPSA) is 251 Å². The largest absolute Gasteiger partial charge is 0.481 e. The number of carbonyl (C=O) groups excluding carboxylic acids is 3. The number of carboxylic acids is 3. The van der Waals surface area contributed by atoms with Gasteiger partial charge in [-0.1, -0.05) is 6.42 Å². The summed E-state index contributed by atoms with van der Waals surface area (Å²) in [5.41, 5.74) is 11.1. The fourth-order valence-corrected chi connectivity index (χ4v) is 2.82. The van der Waals surface area contributed by atoms with Crippen molar-refractivity contribution < 1.29 is 44.1 Å². The summed E-state index contributed by atoms with van der Waals surface area (Å²) in [6.07, 6.45) is -0.335. The van der Waals surface area contributed by atoms with E-state index in [1.54, 1.807) is 0 Å². The molecule has 0 radical (unpaired) electrons. The van der Waals surface area contributed by atoms with E-state index in [1.165, 1.54) is 0 Å². The summed E-state index contributed by atoms with van der Waals surface area (Å²) in [5, 5.41) is 33.5. The first-order valence-electron chi connectivity index (χ1n) is 10.1. The maximum Gasteiger partial charge on any atom is 0.327 e. The fourth-order valence-electron chi connectivity index (χ4n) is 2.57. The highest BCUT2D eigenvalue weighted by molar-refractivity contribution is 7.80. The molecule has 0 saturated heterocycles. The van der Waals surface area contributed by atoms with Gasteiger partial charge in [0.1, 0.15) is 18.1 Å². The second kappa shape index (κ2) is 15.8. The molecule has 188 valence electrons. The van der Waals surface area contributed by atoms with E-state index < -0.39 is 72.6 Å². The van der Waals surface area contributed by atoms with E-state index in [2.05, 4.69) is 23.3 Å². The van der Waals surface area contributed by atoms with E-state index >= 15 is 0 Å². The molecule has 14 nitrogen and oxygen atoms in total. The summed E-state index contributed by atoms with van der Waals surface area (Å²) in [7, 11) is 0. The number of rotatable bonds is 17. The van der Waals surface area contributed by atoms with Gasteiger partial charge in [0.25, 0.3) is 0 Å². The van der Waals surface area contributed by atoms with E-state index in [9.17, 15) is 28.8 Å². The Kier molecular flexibility index (Phi) is 14.4. The van der Waals surface area contributed by atoms with Crippen molar-refractivity contribution in [3.05, 3.63) is 0 Å². The van der Waals surface area contributed by atoms with Gasteiger partial charge in [0, 0.05) is 12.2 Å². The van der Waals surface area contributed by atoms with Gasteiger partial charge in [0.15, 0.2) is 0 Å². The number of amides is 3. The molecule has 0 aliphatic rings. The number of nitrogens with one attached hydrogen (secondary N) is 3. The van der Waals surface area contributed by atoms with Crippen LogP contribution in [0.1, 0.15) is 38.5 Å². The van der Waals surface area contributed by atoms with Gasteiger partial charge in [-0.15, -0.1) is 0 Å². The molecule has 10 N–H and O–H groups in total. The molecule has 3 amide bonds. The van der Waals surface area contributed by atoms with Gasteiger partial charge < -0.3 is 42.7 Å². The molecule has 33 heavy (non-hydrogen) atoms. The molecule has 0 aromatic heterocycles. The number of unbranched alkanes of at least 4 members (excludes halogenated alkanes) is 1. The van der Waals surface area contributed by atoms with E-state index in [0.717, 1.165) is 0 Å². The highest BCUT2D eigenvalue weighted by atomic mass is 32.1. The molecule has 0 spiro atoms. The minimum absolute atomic E-state index is 0.265. The second-order valence-electron chi connectivity index (χ2n) is 7.13. The molecule has 0 aliphatic heterocycles. The summed E-state index contributed by atoms with van der Waals surface area (Å²) in [4.78, 5) is 70.5. The molecule has 4 unspecified atom stereocenters. The van der Waals surface area contributed by atoms with Crippen LogP contribution in [0.2, 0.25) is 0 Å². The molecule has 0 aliphatic carbocycles. The van der Waals surface area contributed by atoms with Crippen molar-refractivity contribution in [3.8, 4) is 0 Å². The van der Waals surface area contributed by atoms with E-state index in [4.69, 9.17) is 26.8 Å². The Morgan fingerprint density at radius 3 is 1.79 bits per heavy atom. The number of hydrogen-bond donors (Lipinski definition) is 9. The summed E-state index contributed by atoms with van der Waals surface area (Å²) >= 11 is 3.78. The van der Waals surface area contributed by atoms with Crippen LogP contribution < -0.4 is 27.4 Å². The number of carboxylic acid groups (broad SMARTS) is 3. The molecule has 4 atom stereocenters. The summed E-state index contributed by atoms with van der Waals surface area (Å²) in [6.45, 7) is 0.404. The van der Waals surface area contributed by atoms with Crippen LogP contribution in [0.3, 0.4) is 0 Å². The van der Waals surface area contributed by atoms with E-state index in [1.807, 2.05) is 5.32 Å². The van der Waals surface area contributed by atoms with Crippen LogP contribution in [0.25, 0.3) is 0 Å². The van der Waals surface area contributed by atoms with Crippen molar-refractivity contribution in [1.82, 2.24) is 16.0 Å². The molecular formula is C18H31N5O9S. The summed E-state index contributed by atoms with van der Waals surface area (Å²) in [6, 6.07) is -5.57. The quantitative estimate of drug-likeness (QED) is 0.0741. The maximum absolute atomic E-state index is 12.7. The Balaban J connectivity index is 5.42. The third-order valence-electron chi connectivity index (χ3n) is 4.39. The number of thiol groups is 1. The monoisotopic (exact) mass is 493 g/mol. The van der Waals surface area contributed by atoms with Crippen LogP contribution in [0.5, 0.6) is 0 Å². The Morgan fingerprint density at radius 1 is 0.758 bits per heavy atom. The van der Waals surface area contributed by atoms with E-state index in [0.29, 0.717) is 19.4 Å². The molecule has 0 saturated carbocycles. The molecular weight excluding hydrogens is 462 g/mol. The summed E-state index contributed by atoms with van der Waals surface area (Å²) < 4.78 is 0. The van der Waals surface area contributed by atoms with Crippen molar-refractivity contribution >= 4 is 48.3 Å². The second-order valence-corrected chi connectivity index (χ2v) is 7.49. The van der Waals surface area contributed by atoms with Crippen LogP contribution in [-0.4, -0.2) is 87.4 Å². The zero-order valence-corrected chi connectivity index (χ0v) is 18.8. The van der Waals surface area contributed by atoms with E-state index in [-0.39, 0.29) is 18.6 Å². The zero-order valence-electron chi connectivity index (χ0n) is 17.9. The number of nitrogens with two attached hydrogens (primary N) is 2. The van der Waals surface area contributed by atoms with Gasteiger partial charge in [-0.25, -0.2) is 4.79 Å². The molecule has 15 heteroatoms. The zero-order chi connectivity index (χ0) is 25.6. The van der Waals surface area contributed by atoms with Crippen LogP contribution in [0.4, 0.5) is 0 Å². The van der Waals surface area contributed by atoms with Crippen molar-refractivity contribution in [2.45, 2.75) is 62.7 Å². The number of carbonyl (C=O) groups is 6. The van der Waals surface area contributed by atoms with Gasteiger partial charge in [-0.05, 0) is 25.8 Å². The average Bonchev–Trinajstić information content (AvgIpc) is 2.73. The van der Waals surface area contributed by atoms with Crippen LogP contribution in [-0.2, 0) is 28.8 Å². The Morgan fingerprint density at radius 2 is 1.30 bits per heavy atom. The standard InChI is InChI=1S/C18H31N5O9S/c19-6-2-1-3-9(20)15(28)21-10(4-5-13(24)25)16(29)22-11(7-14(26)27)17(30)23-12(8-33)18(31)32/h9-12,33H,1-8,19-20H2,(H,21,28)(H,22,29)(H,23,30)(H,24,25)(H,26,27)(H,31,32).